The number of nitrogens with zero attached hydrogens (tertiary/aromatic N) is 1. The molecule has 0 saturated heterocycles. The summed E-state index contributed by atoms with van der Waals surface area (Å²) in [6.45, 7) is 3.86. The summed E-state index contributed by atoms with van der Waals surface area (Å²) in [5.41, 5.74) is 0. The van der Waals surface area contributed by atoms with Crippen molar-refractivity contribution in [2.24, 2.45) is 0 Å². The highest BCUT2D eigenvalue weighted by Crippen LogP contribution is 2.35. The highest BCUT2D eigenvalue weighted by Gasteiger charge is 2.36. The fourth-order valence-corrected chi connectivity index (χ4v) is 5.60. The van der Waals surface area contributed by atoms with E-state index in [9.17, 15) is 8.42 Å². The van der Waals surface area contributed by atoms with Gasteiger partial charge in [0.05, 0.1) is 7.11 Å². The van der Waals surface area contributed by atoms with Crippen molar-refractivity contribution in [1.29, 1.82) is 0 Å². The SMILES string of the molecule is COc1ccc(Br)cc1S(=O)(=O)N(C(C)C)C1CCCC1. The summed E-state index contributed by atoms with van der Waals surface area (Å²) in [4.78, 5) is 0.236. The smallest absolute Gasteiger partial charge is 0.247 e. The predicted octanol–water partition coefficient (Wildman–Crippen LogP) is 3.80. The molecule has 0 atom stereocenters. The Hall–Kier alpha value is -0.590. The van der Waals surface area contributed by atoms with Gasteiger partial charge in [0.25, 0.3) is 0 Å². The van der Waals surface area contributed by atoms with Gasteiger partial charge in [0, 0.05) is 16.6 Å². The van der Waals surface area contributed by atoms with Crippen LogP contribution < -0.4 is 4.74 Å². The van der Waals surface area contributed by atoms with Crippen LogP contribution in [0, 0.1) is 0 Å². The molecule has 1 aliphatic carbocycles. The molecule has 1 fully saturated rings. The first kappa shape index (κ1) is 16.8. The van der Waals surface area contributed by atoms with Crippen LogP contribution in [0.2, 0.25) is 0 Å². The monoisotopic (exact) mass is 375 g/mol. The van der Waals surface area contributed by atoms with Gasteiger partial charge in [-0.2, -0.15) is 4.31 Å². The molecule has 21 heavy (non-hydrogen) atoms. The molecule has 1 saturated carbocycles. The number of halogens is 1. The Labute approximate surface area is 135 Å². The molecular formula is C15H22BrNO3S. The van der Waals surface area contributed by atoms with Crippen molar-refractivity contribution < 1.29 is 13.2 Å². The fourth-order valence-electron chi connectivity index (χ4n) is 3.02. The highest BCUT2D eigenvalue weighted by atomic mass is 79.9. The predicted molar refractivity (Wildman–Crippen MR) is 87.1 cm³/mol. The topological polar surface area (TPSA) is 46.6 Å². The summed E-state index contributed by atoms with van der Waals surface area (Å²) in [6.07, 6.45) is 4.07. The van der Waals surface area contributed by atoms with Crippen LogP contribution in [0.5, 0.6) is 5.75 Å². The lowest BCUT2D eigenvalue weighted by molar-refractivity contribution is 0.274. The number of benzene rings is 1. The van der Waals surface area contributed by atoms with Crippen LogP contribution in [0.4, 0.5) is 0 Å². The van der Waals surface area contributed by atoms with Crippen LogP contribution >= 0.6 is 15.9 Å². The van der Waals surface area contributed by atoms with Gasteiger partial charge in [-0.1, -0.05) is 28.8 Å². The van der Waals surface area contributed by atoms with E-state index in [1.807, 2.05) is 13.8 Å². The highest BCUT2D eigenvalue weighted by molar-refractivity contribution is 9.10. The molecule has 0 aliphatic heterocycles. The molecule has 1 aromatic carbocycles. The van der Waals surface area contributed by atoms with E-state index >= 15 is 0 Å². The van der Waals surface area contributed by atoms with Crippen LogP contribution in [0.3, 0.4) is 0 Å². The lowest BCUT2D eigenvalue weighted by atomic mass is 10.2. The molecule has 0 bridgehead atoms. The second-order valence-electron chi connectivity index (χ2n) is 5.66. The summed E-state index contributed by atoms with van der Waals surface area (Å²) >= 11 is 3.35. The van der Waals surface area contributed by atoms with Gasteiger partial charge in [-0.15, -0.1) is 0 Å². The third kappa shape index (κ3) is 3.43. The van der Waals surface area contributed by atoms with Crippen molar-refractivity contribution in [2.45, 2.75) is 56.5 Å². The maximum atomic E-state index is 13.1. The maximum Gasteiger partial charge on any atom is 0.247 e. The molecule has 1 aliphatic rings. The van der Waals surface area contributed by atoms with Crippen LogP contribution in [0.25, 0.3) is 0 Å². The Morgan fingerprint density at radius 1 is 1.29 bits per heavy atom. The van der Waals surface area contributed by atoms with E-state index in [0.717, 1.165) is 30.2 Å². The molecule has 6 heteroatoms. The number of rotatable bonds is 5. The first-order chi connectivity index (χ1) is 9.87. The number of hydrogen-bond donors (Lipinski definition) is 0. The Balaban J connectivity index is 2.50. The minimum absolute atomic E-state index is 0.0678. The standard InChI is InChI=1S/C15H22BrNO3S/c1-11(2)17(13-6-4-5-7-13)21(18,19)15-10-12(16)8-9-14(15)20-3/h8-11,13H,4-7H2,1-3H3. The van der Waals surface area contributed by atoms with Gasteiger partial charge in [0.15, 0.2) is 0 Å². The minimum atomic E-state index is -3.57. The number of hydrogen-bond acceptors (Lipinski definition) is 3. The molecule has 0 N–H and O–H groups in total. The van der Waals surface area contributed by atoms with Crippen LogP contribution in [0.15, 0.2) is 27.6 Å². The molecule has 2 rings (SSSR count). The molecular weight excluding hydrogens is 354 g/mol. The molecule has 0 spiro atoms. The number of methoxy groups -OCH3 is 1. The van der Waals surface area contributed by atoms with Gasteiger partial charge in [0.2, 0.25) is 10.0 Å². The van der Waals surface area contributed by atoms with Gasteiger partial charge in [-0.25, -0.2) is 8.42 Å². The lowest BCUT2D eigenvalue weighted by Crippen LogP contribution is -2.43. The van der Waals surface area contributed by atoms with E-state index in [4.69, 9.17) is 4.74 Å². The number of sulfonamides is 1. The average molecular weight is 376 g/mol. The normalized spacial score (nSPS) is 16.9. The van der Waals surface area contributed by atoms with Crippen LogP contribution in [-0.4, -0.2) is 31.9 Å². The van der Waals surface area contributed by atoms with Gasteiger partial charge < -0.3 is 4.74 Å². The van der Waals surface area contributed by atoms with Crippen LogP contribution in [0.1, 0.15) is 39.5 Å². The second-order valence-corrected chi connectivity index (χ2v) is 8.39. The van der Waals surface area contributed by atoms with Crippen molar-refractivity contribution in [3.8, 4) is 5.75 Å². The van der Waals surface area contributed by atoms with Gasteiger partial charge >= 0.3 is 0 Å². The first-order valence-electron chi connectivity index (χ1n) is 7.25. The molecule has 0 aromatic heterocycles. The second kappa shape index (κ2) is 6.67. The molecule has 0 amide bonds. The lowest BCUT2D eigenvalue weighted by Gasteiger charge is -2.32. The Morgan fingerprint density at radius 2 is 1.90 bits per heavy atom. The molecule has 4 nitrogen and oxygen atoms in total. The van der Waals surface area contributed by atoms with E-state index < -0.39 is 10.0 Å². The zero-order valence-corrected chi connectivity index (χ0v) is 15.1. The van der Waals surface area contributed by atoms with E-state index in [2.05, 4.69) is 15.9 Å². The quantitative estimate of drug-likeness (QED) is 0.785. The van der Waals surface area contributed by atoms with Gasteiger partial charge in [-0.3, -0.25) is 0 Å². The summed E-state index contributed by atoms with van der Waals surface area (Å²) in [5, 5.41) is 0. The average Bonchev–Trinajstić information content (AvgIpc) is 2.91. The Kier molecular flexibility index (Phi) is 5.33. The van der Waals surface area contributed by atoms with Crippen molar-refractivity contribution in [1.82, 2.24) is 4.31 Å². The van der Waals surface area contributed by atoms with E-state index in [0.29, 0.717) is 5.75 Å². The number of ether oxygens (including phenoxy) is 1. The summed E-state index contributed by atoms with van der Waals surface area (Å²) in [5.74, 6) is 0.391. The van der Waals surface area contributed by atoms with Crippen LogP contribution in [-0.2, 0) is 10.0 Å². The van der Waals surface area contributed by atoms with E-state index in [1.165, 1.54) is 7.11 Å². The van der Waals surface area contributed by atoms with Crippen molar-refractivity contribution in [3.63, 3.8) is 0 Å². The fraction of sp³-hybridized carbons (Fsp3) is 0.600. The summed E-state index contributed by atoms with van der Waals surface area (Å²) < 4.78 is 33.9. The molecule has 1 aromatic rings. The van der Waals surface area contributed by atoms with Crippen molar-refractivity contribution in [3.05, 3.63) is 22.7 Å². The van der Waals surface area contributed by atoms with E-state index in [-0.39, 0.29) is 17.0 Å². The van der Waals surface area contributed by atoms with E-state index in [1.54, 1.807) is 22.5 Å². The Bertz CT molecular complexity index is 595. The molecule has 0 radical (unpaired) electrons. The third-order valence-corrected chi connectivity index (χ3v) is 6.52. The molecule has 0 heterocycles. The van der Waals surface area contributed by atoms with Gasteiger partial charge in [-0.05, 0) is 44.9 Å². The zero-order chi connectivity index (χ0) is 15.6. The largest absolute Gasteiger partial charge is 0.495 e. The van der Waals surface area contributed by atoms with Gasteiger partial charge in [0.1, 0.15) is 10.6 Å². The molecule has 118 valence electrons. The first-order valence-corrected chi connectivity index (χ1v) is 9.48. The van der Waals surface area contributed by atoms with Crippen molar-refractivity contribution in [2.75, 3.05) is 7.11 Å². The van der Waals surface area contributed by atoms with Crippen molar-refractivity contribution >= 4 is 26.0 Å². The third-order valence-electron chi connectivity index (χ3n) is 3.87. The Morgan fingerprint density at radius 3 is 2.43 bits per heavy atom. The summed E-state index contributed by atoms with van der Waals surface area (Å²) in [6, 6.07) is 5.12. The molecule has 0 unspecified atom stereocenters. The maximum absolute atomic E-state index is 13.1. The zero-order valence-electron chi connectivity index (χ0n) is 12.7. The minimum Gasteiger partial charge on any atom is -0.495 e. The summed E-state index contributed by atoms with van der Waals surface area (Å²) in [7, 11) is -2.07.